The molecule has 4 nitrogen and oxygen atoms in total. The van der Waals surface area contributed by atoms with Crippen molar-refractivity contribution in [3.8, 4) is 11.5 Å². The Labute approximate surface area is 124 Å². The fourth-order valence-corrected chi connectivity index (χ4v) is 3.83. The van der Waals surface area contributed by atoms with Gasteiger partial charge in [0, 0.05) is 18.0 Å². The molecule has 0 spiro atoms. The third-order valence-corrected chi connectivity index (χ3v) is 5.25. The lowest BCUT2D eigenvalue weighted by Gasteiger charge is -2.20. The van der Waals surface area contributed by atoms with Crippen molar-refractivity contribution in [1.29, 1.82) is 0 Å². The molecule has 3 rings (SSSR count). The fourth-order valence-electron chi connectivity index (χ4n) is 2.33. The number of nitrogens with zero attached hydrogens (tertiary/aromatic N) is 1. The summed E-state index contributed by atoms with van der Waals surface area (Å²) < 4.78 is 31.0. The van der Waals surface area contributed by atoms with Gasteiger partial charge < -0.3 is 4.74 Å². The third-order valence-electron chi connectivity index (χ3n) is 3.57. The van der Waals surface area contributed by atoms with E-state index in [2.05, 4.69) is 25.8 Å². The van der Waals surface area contributed by atoms with Gasteiger partial charge in [-0.3, -0.25) is 4.98 Å². The van der Waals surface area contributed by atoms with Crippen LogP contribution in [-0.4, -0.2) is 13.4 Å². The van der Waals surface area contributed by atoms with E-state index >= 15 is 0 Å². The molecule has 1 aromatic heterocycles. The molecule has 0 fully saturated rings. The molecule has 5 heteroatoms. The Balaban J connectivity index is 2.21. The Morgan fingerprint density at radius 2 is 1.90 bits per heavy atom. The summed E-state index contributed by atoms with van der Waals surface area (Å²) in [4.78, 5) is 4.24. The molecule has 21 heavy (non-hydrogen) atoms. The summed E-state index contributed by atoms with van der Waals surface area (Å²) in [7, 11) is -3.44. The van der Waals surface area contributed by atoms with Crippen LogP contribution in [0.1, 0.15) is 31.9 Å². The number of fused-ring (bicyclic) bond motifs is 2. The molecule has 110 valence electrons. The second-order valence-corrected chi connectivity index (χ2v) is 8.21. The van der Waals surface area contributed by atoms with Crippen LogP contribution in [0.3, 0.4) is 0 Å². The smallest absolute Gasteiger partial charge is 0.186 e. The summed E-state index contributed by atoms with van der Waals surface area (Å²) in [6.07, 6.45) is 3.14. The second-order valence-electron chi connectivity index (χ2n) is 6.26. The Morgan fingerprint density at radius 3 is 2.62 bits per heavy atom. The normalized spacial score (nSPS) is 16.3. The number of rotatable bonds is 0. The van der Waals surface area contributed by atoms with E-state index in [1.54, 1.807) is 30.6 Å². The van der Waals surface area contributed by atoms with E-state index in [0.29, 0.717) is 17.1 Å². The van der Waals surface area contributed by atoms with Crippen molar-refractivity contribution in [2.75, 3.05) is 0 Å². The molecule has 0 saturated carbocycles. The summed E-state index contributed by atoms with van der Waals surface area (Å²) in [5, 5.41) is 0. The minimum Gasteiger partial charge on any atom is -0.456 e. The number of benzene rings is 1. The maximum Gasteiger partial charge on any atom is 0.186 e. The van der Waals surface area contributed by atoms with Gasteiger partial charge in [-0.2, -0.15) is 0 Å². The first-order valence-electron chi connectivity index (χ1n) is 6.75. The minimum absolute atomic E-state index is 0.0865. The largest absolute Gasteiger partial charge is 0.456 e. The van der Waals surface area contributed by atoms with Crippen LogP contribution >= 0.6 is 0 Å². The molecule has 0 atom stereocenters. The molecule has 2 aromatic rings. The lowest BCUT2D eigenvalue weighted by molar-refractivity contribution is 0.465. The van der Waals surface area contributed by atoms with Gasteiger partial charge in [-0.25, -0.2) is 8.42 Å². The SMILES string of the molecule is CC(C)(C)c1ccc2c(c1)S(=O)(=O)Cc1cnccc1O2. The molecular weight excluding hydrogens is 286 g/mol. The first-order valence-corrected chi connectivity index (χ1v) is 8.41. The van der Waals surface area contributed by atoms with Crippen molar-refractivity contribution in [3.63, 3.8) is 0 Å². The lowest BCUT2D eigenvalue weighted by atomic mass is 9.87. The quantitative estimate of drug-likeness (QED) is 0.748. The Morgan fingerprint density at radius 1 is 1.14 bits per heavy atom. The molecule has 1 aliphatic rings. The van der Waals surface area contributed by atoms with Crippen molar-refractivity contribution in [1.82, 2.24) is 4.98 Å². The van der Waals surface area contributed by atoms with Crippen LogP contribution in [0.15, 0.2) is 41.6 Å². The molecular formula is C16H17NO3S. The number of pyridine rings is 1. The van der Waals surface area contributed by atoms with Gasteiger partial charge in [-0.1, -0.05) is 26.8 Å². The Bertz CT molecular complexity index is 805. The van der Waals surface area contributed by atoms with Crippen molar-refractivity contribution in [2.45, 2.75) is 36.8 Å². The van der Waals surface area contributed by atoms with E-state index in [-0.39, 0.29) is 16.1 Å². The van der Waals surface area contributed by atoms with Crippen LogP contribution in [-0.2, 0) is 21.0 Å². The van der Waals surface area contributed by atoms with Gasteiger partial charge >= 0.3 is 0 Å². The van der Waals surface area contributed by atoms with Crippen LogP contribution in [0.5, 0.6) is 11.5 Å². The van der Waals surface area contributed by atoms with Gasteiger partial charge in [-0.05, 0) is 29.2 Å². The average Bonchev–Trinajstić information content (AvgIpc) is 2.50. The zero-order valence-corrected chi connectivity index (χ0v) is 13.1. The van der Waals surface area contributed by atoms with E-state index in [1.165, 1.54) is 0 Å². The van der Waals surface area contributed by atoms with Gasteiger partial charge in [0.1, 0.15) is 16.4 Å². The standard InChI is InChI=1S/C16H17NO3S/c1-16(2,3)12-4-5-14-15(8-12)21(18,19)10-11-9-17-7-6-13(11)20-14/h4-9H,10H2,1-3H3. The summed E-state index contributed by atoms with van der Waals surface area (Å²) in [6, 6.07) is 7.07. The molecule has 1 aliphatic heterocycles. The molecule has 0 radical (unpaired) electrons. The maximum atomic E-state index is 12.6. The van der Waals surface area contributed by atoms with E-state index < -0.39 is 9.84 Å². The van der Waals surface area contributed by atoms with Gasteiger partial charge in [0.25, 0.3) is 0 Å². The molecule has 0 saturated heterocycles. The lowest BCUT2D eigenvalue weighted by Crippen LogP contribution is -2.13. The van der Waals surface area contributed by atoms with Crippen LogP contribution in [0.25, 0.3) is 0 Å². The third kappa shape index (κ3) is 2.53. The monoisotopic (exact) mass is 303 g/mol. The Hall–Kier alpha value is -1.88. The number of aromatic nitrogens is 1. The van der Waals surface area contributed by atoms with Crippen molar-refractivity contribution in [2.24, 2.45) is 0 Å². The van der Waals surface area contributed by atoms with Crippen molar-refractivity contribution < 1.29 is 13.2 Å². The van der Waals surface area contributed by atoms with Crippen molar-refractivity contribution >= 4 is 9.84 Å². The molecule has 0 aliphatic carbocycles. The van der Waals surface area contributed by atoms with E-state index in [1.807, 2.05) is 6.07 Å². The molecule has 0 bridgehead atoms. The van der Waals surface area contributed by atoms with Gasteiger partial charge in [-0.15, -0.1) is 0 Å². The summed E-state index contributed by atoms with van der Waals surface area (Å²) in [5.41, 5.74) is 1.44. The van der Waals surface area contributed by atoms with E-state index in [0.717, 1.165) is 5.56 Å². The number of ether oxygens (including phenoxy) is 1. The number of hydrogen-bond acceptors (Lipinski definition) is 4. The highest BCUT2D eigenvalue weighted by Crippen LogP contribution is 2.39. The highest BCUT2D eigenvalue weighted by atomic mass is 32.2. The first-order chi connectivity index (χ1) is 9.77. The van der Waals surface area contributed by atoms with E-state index in [9.17, 15) is 8.42 Å². The molecule has 1 aromatic carbocycles. The zero-order valence-electron chi connectivity index (χ0n) is 12.3. The minimum atomic E-state index is -3.44. The highest BCUT2D eigenvalue weighted by Gasteiger charge is 2.28. The summed E-state index contributed by atoms with van der Waals surface area (Å²) >= 11 is 0. The van der Waals surface area contributed by atoms with Gasteiger partial charge in [0.15, 0.2) is 9.84 Å². The molecule has 0 unspecified atom stereocenters. The number of sulfone groups is 1. The van der Waals surface area contributed by atoms with Crippen LogP contribution < -0.4 is 4.74 Å². The van der Waals surface area contributed by atoms with Gasteiger partial charge in [0.2, 0.25) is 0 Å². The van der Waals surface area contributed by atoms with Crippen LogP contribution in [0.2, 0.25) is 0 Å². The summed E-state index contributed by atoms with van der Waals surface area (Å²) in [6.45, 7) is 6.16. The summed E-state index contributed by atoms with van der Waals surface area (Å²) in [5.74, 6) is 0.848. The predicted molar refractivity (Wildman–Crippen MR) is 80.3 cm³/mol. The van der Waals surface area contributed by atoms with E-state index in [4.69, 9.17) is 4.74 Å². The van der Waals surface area contributed by atoms with Crippen LogP contribution in [0, 0.1) is 0 Å². The Kier molecular flexibility index (Phi) is 3.06. The molecule has 0 N–H and O–H groups in total. The second kappa shape index (κ2) is 4.56. The number of hydrogen-bond donors (Lipinski definition) is 0. The fraction of sp³-hybridized carbons (Fsp3) is 0.312. The predicted octanol–water partition coefficient (Wildman–Crippen LogP) is 3.46. The highest BCUT2D eigenvalue weighted by molar-refractivity contribution is 7.90. The zero-order chi connectivity index (χ0) is 15.3. The maximum absolute atomic E-state index is 12.6. The molecule has 2 heterocycles. The average molecular weight is 303 g/mol. The van der Waals surface area contributed by atoms with Gasteiger partial charge in [0.05, 0.1) is 5.75 Å². The topological polar surface area (TPSA) is 56.3 Å². The van der Waals surface area contributed by atoms with Crippen molar-refractivity contribution in [3.05, 3.63) is 47.8 Å². The van der Waals surface area contributed by atoms with Crippen LogP contribution in [0.4, 0.5) is 0 Å². The first kappa shape index (κ1) is 14.1. The molecule has 0 amide bonds.